The van der Waals surface area contributed by atoms with Gasteiger partial charge in [0.2, 0.25) is 0 Å². The molecule has 1 aliphatic rings. The summed E-state index contributed by atoms with van der Waals surface area (Å²) < 4.78 is 5.66. The molecule has 0 radical (unpaired) electrons. The molecule has 1 N–H and O–H groups in total. The third-order valence-electron chi connectivity index (χ3n) is 5.53. The number of carbonyl (C=O) groups excluding carboxylic acids is 2. The highest BCUT2D eigenvalue weighted by atomic mass is 32.1. The molecule has 0 bridgehead atoms. The first-order chi connectivity index (χ1) is 15.3. The second-order valence-corrected chi connectivity index (χ2v) is 9.12. The molecule has 2 heterocycles. The number of hydrogen-bond donors (Lipinski definition) is 1. The van der Waals surface area contributed by atoms with Gasteiger partial charge in [-0.15, -0.1) is 11.3 Å². The van der Waals surface area contributed by atoms with Crippen molar-refractivity contribution in [1.29, 1.82) is 0 Å². The lowest BCUT2D eigenvalue weighted by molar-refractivity contribution is -0.132. The summed E-state index contributed by atoms with van der Waals surface area (Å²) in [4.78, 5) is 28.6. The molecular weight excluding hydrogens is 422 g/mol. The van der Waals surface area contributed by atoms with Crippen molar-refractivity contribution >= 4 is 34.5 Å². The highest BCUT2D eigenvalue weighted by molar-refractivity contribution is 7.10. The fraction of sp³-hybridized carbons (Fsp3) is 0.231. The molecule has 1 aliphatic heterocycles. The Kier molecular flexibility index (Phi) is 5.89. The monoisotopic (exact) mass is 447 g/mol. The van der Waals surface area contributed by atoms with Crippen LogP contribution in [0.15, 0.2) is 65.6 Å². The number of aliphatic hydroxyl groups excluding tert-OH is 1. The number of aliphatic hydroxyl groups is 1. The summed E-state index contributed by atoms with van der Waals surface area (Å²) in [6.45, 7) is 7.83. The Labute approximate surface area is 191 Å². The van der Waals surface area contributed by atoms with Gasteiger partial charge in [0.25, 0.3) is 11.7 Å². The number of ketones is 1. The molecule has 4 rings (SSSR count). The van der Waals surface area contributed by atoms with Crippen molar-refractivity contribution in [2.75, 3.05) is 4.90 Å². The SMILES string of the molecule is Cc1ccc(N2C(=O)C(=O)/C(=C(\O)c3ccc(OC(C)C)cc3)C2c2cccs2)cc1C. The standard InChI is InChI=1S/C26H25NO4S/c1-15(2)31-20-11-8-18(9-12-20)24(28)22-23(21-6-5-13-32-21)27(26(30)25(22)29)19-10-7-16(3)17(4)14-19/h5-15,23,28H,1-4H3/b24-22-. The third kappa shape index (κ3) is 3.94. The van der Waals surface area contributed by atoms with Crippen LogP contribution in [0.5, 0.6) is 5.75 Å². The van der Waals surface area contributed by atoms with Crippen LogP contribution in [0.3, 0.4) is 0 Å². The van der Waals surface area contributed by atoms with Crippen molar-refractivity contribution < 1.29 is 19.4 Å². The van der Waals surface area contributed by atoms with Gasteiger partial charge in [-0.05, 0) is 86.7 Å². The zero-order valence-electron chi connectivity index (χ0n) is 18.5. The predicted molar refractivity (Wildman–Crippen MR) is 127 cm³/mol. The van der Waals surface area contributed by atoms with Crippen LogP contribution in [0.4, 0.5) is 5.69 Å². The minimum atomic E-state index is -0.693. The summed E-state index contributed by atoms with van der Waals surface area (Å²) in [5.74, 6) is -0.860. The van der Waals surface area contributed by atoms with Crippen LogP contribution in [0, 0.1) is 13.8 Å². The van der Waals surface area contributed by atoms with Gasteiger partial charge < -0.3 is 9.84 Å². The number of rotatable bonds is 5. The Morgan fingerprint density at radius 3 is 2.34 bits per heavy atom. The van der Waals surface area contributed by atoms with Crippen LogP contribution in [-0.4, -0.2) is 22.9 Å². The van der Waals surface area contributed by atoms with E-state index < -0.39 is 17.7 Å². The van der Waals surface area contributed by atoms with Crippen molar-refractivity contribution in [2.45, 2.75) is 39.8 Å². The Morgan fingerprint density at radius 1 is 1.03 bits per heavy atom. The summed E-state index contributed by atoms with van der Waals surface area (Å²) in [6, 6.07) is 15.6. The van der Waals surface area contributed by atoms with Gasteiger partial charge >= 0.3 is 0 Å². The molecule has 164 valence electrons. The van der Waals surface area contributed by atoms with E-state index in [-0.39, 0.29) is 17.4 Å². The molecule has 3 aromatic rings. The van der Waals surface area contributed by atoms with Gasteiger partial charge in [-0.2, -0.15) is 0 Å². The zero-order valence-corrected chi connectivity index (χ0v) is 19.3. The Balaban J connectivity index is 1.84. The maximum absolute atomic E-state index is 13.1. The lowest BCUT2D eigenvalue weighted by Crippen LogP contribution is -2.29. The van der Waals surface area contributed by atoms with Crippen molar-refractivity contribution in [3.05, 3.63) is 87.1 Å². The number of nitrogens with zero attached hydrogens (tertiary/aromatic N) is 1. The van der Waals surface area contributed by atoms with E-state index >= 15 is 0 Å². The van der Waals surface area contributed by atoms with Crippen LogP contribution in [0.1, 0.15) is 41.5 Å². The predicted octanol–water partition coefficient (Wildman–Crippen LogP) is 5.78. The van der Waals surface area contributed by atoms with Crippen LogP contribution in [0.25, 0.3) is 5.76 Å². The van der Waals surface area contributed by atoms with Crippen molar-refractivity contribution in [2.24, 2.45) is 0 Å². The number of thiophene rings is 1. The Bertz CT molecular complexity index is 1190. The van der Waals surface area contributed by atoms with Crippen molar-refractivity contribution in [3.63, 3.8) is 0 Å². The van der Waals surface area contributed by atoms with Gasteiger partial charge in [-0.3, -0.25) is 14.5 Å². The van der Waals surface area contributed by atoms with E-state index in [0.717, 1.165) is 16.0 Å². The van der Waals surface area contributed by atoms with E-state index in [2.05, 4.69) is 0 Å². The number of Topliss-reactive ketones (excluding diaryl/α,β-unsaturated/α-hetero) is 1. The molecule has 5 nitrogen and oxygen atoms in total. The Morgan fingerprint density at radius 2 is 1.75 bits per heavy atom. The molecule has 1 fully saturated rings. The number of hydrogen-bond acceptors (Lipinski definition) is 5. The molecule has 2 aromatic carbocycles. The highest BCUT2D eigenvalue weighted by Gasteiger charge is 2.47. The third-order valence-corrected chi connectivity index (χ3v) is 6.45. The minimum Gasteiger partial charge on any atom is -0.507 e. The molecule has 1 unspecified atom stereocenters. The van der Waals surface area contributed by atoms with Gasteiger partial charge in [0, 0.05) is 16.1 Å². The summed E-state index contributed by atoms with van der Waals surface area (Å²) in [6.07, 6.45) is 0.0246. The number of benzene rings is 2. The average Bonchev–Trinajstić information content (AvgIpc) is 3.37. The maximum Gasteiger partial charge on any atom is 0.300 e. The van der Waals surface area contributed by atoms with Crippen LogP contribution >= 0.6 is 11.3 Å². The second kappa shape index (κ2) is 8.63. The van der Waals surface area contributed by atoms with Gasteiger partial charge in [-0.1, -0.05) is 12.1 Å². The van der Waals surface area contributed by atoms with Gasteiger partial charge in [0.1, 0.15) is 17.6 Å². The lowest BCUT2D eigenvalue weighted by atomic mass is 9.99. The van der Waals surface area contributed by atoms with Gasteiger partial charge in [0.05, 0.1) is 11.7 Å². The number of aryl methyl sites for hydroxylation is 2. The fourth-order valence-corrected chi connectivity index (χ4v) is 4.63. The van der Waals surface area contributed by atoms with Gasteiger partial charge in [0.15, 0.2) is 0 Å². The molecule has 0 aliphatic carbocycles. The smallest absolute Gasteiger partial charge is 0.300 e. The summed E-state index contributed by atoms with van der Waals surface area (Å²) >= 11 is 1.44. The highest BCUT2D eigenvalue weighted by Crippen LogP contribution is 2.43. The minimum absolute atomic E-state index is 0.0246. The molecule has 0 saturated carbocycles. The first kappa shape index (κ1) is 21.8. The number of amides is 1. The first-order valence-electron chi connectivity index (χ1n) is 10.5. The normalized spacial score (nSPS) is 17.9. The second-order valence-electron chi connectivity index (χ2n) is 8.14. The molecule has 32 heavy (non-hydrogen) atoms. The van der Waals surface area contributed by atoms with E-state index in [1.165, 1.54) is 16.2 Å². The average molecular weight is 448 g/mol. The van der Waals surface area contributed by atoms with E-state index in [9.17, 15) is 14.7 Å². The number of ether oxygens (including phenoxy) is 1. The molecule has 6 heteroatoms. The van der Waals surface area contributed by atoms with Crippen LogP contribution in [0.2, 0.25) is 0 Å². The van der Waals surface area contributed by atoms with Gasteiger partial charge in [-0.25, -0.2) is 0 Å². The molecule has 1 aromatic heterocycles. The summed E-state index contributed by atoms with van der Waals surface area (Å²) in [5.41, 5.74) is 3.30. The number of carbonyl (C=O) groups is 2. The van der Waals surface area contributed by atoms with E-state index in [1.807, 2.05) is 63.4 Å². The topological polar surface area (TPSA) is 66.8 Å². The quantitative estimate of drug-likeness (QED) is 0.306. The van der Waals surface area contributed by atoms with E-state index in [1.54, 1.807) is 24.3 Å². The van der Waals surface area contributed by atoms with Crippen LogP contribution < -0.4 is 9.64 Å². The number of anilines is 1. The summed E-state index contributed by atoms with van der Waals surface area (Å²) in [7, 11) is 0. The zero-order chi connectivity index (χ0) is 23.0. The molecular formula is C26H25NO4S. The summed E-state index contributed by atoms with van der Waals surface area (Å²) in [5, 5.41) is 13.1. The molecule has 1 saturated heterocycles. The van der Waals surface area contributed by atoms with E-state index in [0.29, 0.717) is 17.0 Å². The molecule has 1 amide bonds. The lowest BCUT2D eigenvalue weighted by Gasteiger charge is -2.24. The van der Waals surface area contributed by atoms with Crippen LogP contribution in [-0.2, 0) is 9.59 Å². The first-order valence-corrected chi connectivity index (χ1v) is 11.3. The van der Waals surface area contributed by atoms with Crippen molar-refractivity contribution in [3.8, 4) is 5.75 Å². The van der Waals surface area contributed by atoms with Crippen molar-refractivity contribution in [1.82, 2.24) is 0 Å². The molecule has 1 atom stereocenters. The Hall–Kier alpha value is -3.38. The maximum atomic E-state index is 13.1. The molecule has 0 spiro atoms. The van der Waals surface area contributed by atoms with E-state index in [4.69, 9.17) is 4.74 Å². The fourth-order valence-electron chi connectivity index (χ4n) is 3.81. The largest absolute Gasteiger partial charge is 0.507 e.